The Morgan fingerprint density at radius 1 is 1.42 bits per heavy atom. The molecule has 3 N–H and O–H groups in total. The van der Waals surface area contributed by atoms with Crippen LogP contribution < -0.4 is 10.6 Å². The van der Waals surface area contributed by atoms with E-state index in [-0.39, 0.29) is 12.6 Å². The first kappa shape index (κ1) is 14.1. The number of methoxy groups -OCH3 is 1. The Labute approximate surface area is 112 Å². The molecule has 0 aromatic heterocycles. The molecular weight excluding hydrogens is 250 g/mol. The van der Waals surface area contributed by atoms with E-state index >= 15 is 0 Å². The Morgan fingerprint density at radius 3 is 2.89 bits per heavy atom. The van der Waals surface area contributed by atoms with Gasteiger partial charge < -0.3 is 20.5 Å². The van der Waals surface area contributed by atoms with Crippen molar-refractivity contribution in [1.82, 2.24) is 15.5 Å². The lowest BCUT2D eigenvalue weighted by Gasteiger charge is -2.22. The van der Waals surface area contributed by atoms with Gasteiger partial charge in [0.05, 0.1) is 6.61 Å². The number of fused-ring (bicyclic) bond motifs is 1. The topological polar surface area (TPSA) is 90.9 Å². The fraction of sp³-hybridized carbons (Fsp3) is 0.833. The van der Waals surface area contributed by atoms with Crippen molar-refractivity contribution in [3.63, 3.8) is 0 Å². The molecule has 0 aliphatic carbocycles. The van der Waals surface area contributed by atoms with Gasteiger partial charge in [-0.15, -0.1) is 0 Å². The third-order valence-corrected chi connectivity index (χ3v) is 3.86. The normalized spacial score (nSPS) is 27.8. The first-order valence-electron chi connectivity index (χ1n) is 6.64. The monoisotopic (exact) mass is 271 g/mol. The quantitative estimate of drug-likeness (QED) is 0.634. The van der Waals surface area contributed by atoms with Crippen LogP contribution in [0.1, 0.15) is 19.3 Å². The standard InChI is InChI=1S/C12H21N3O4/c1-19-7-9(11(16)17)14-12(18)13-8-4-6-15-5-2-3-10(8)15/h8-10H,2-7H2,1H3,(H,16,17)(H2,13,14,18). The number of ether oxygens (including phenoxy) is 1. The minimum Gasteiger partial charge on any atom is -0.480 e. The van der Waals surface area contributed by atoms with E-state index in [9.17, 15) is 9.59 Å². The molecule has 2 aliphatic heterocycles. The van der Waals surface area contributed by atoms with Crippen LogP contribution in [0.5, 0.6) is 0 Å². The summed E-state index contributed by atoms with van der Waals surface area (Å²) in [6.45, 7) is 2.07. The molecule has 0 saturated carbocycles. The zero-order valence-corrected chi connectivity index (χ0v) is 11.1. The van der Waals surface area contributed by atoms with Crippen LogP contribution in [-0.4, -0.2) is 66.9 Å². The van der Waals surface area contributed by atoms with Crippen molar-refractivity contribution in [1.29, 1.82) is 0 Å². The Hall–Kier alpha value is -1.34. The van der Waals surface area contributed by atoms with Crippen LogP contribution in [0.4, 0.5) is 4.79 Å². The lowest BCUT2D eigenvalue weighted by atomic mass is 10.1. The minimum atomic E-state index is -1.09. The van der Waals surface area contributed by atoms with Gasteiger partial charge in [0.25, 0.3) is 0 Å². The highest BCUT2D eigenvalue weighted by Crippen LogP contribution is 2.27. The molecule has 0 bridgehead atoms. The van der Waals surface area contributed by atoms with E-state index in [2.05, 4.69) is 15.5 Å². The number of hydrogen-bond donors (Lipinski definition) is 3. The van der Waals surface area contributed by atoms with Crippen LogP contribution >= 0.6 is 0 Å². The van der Waals surface area contributed by atoms with Crippen LogP contribution in [0, 0.1) is 0 Å². The van der Waals surface area contributed by atoms with Crippen molar-refractivity contribution in [2.45, 2.75) is 37.4 Å². The number of carbonyl (C=O) groups excluding carboxylic acids is 1. The molecule has 3 unspecified atom stereocenters. The van der Waals surface area contributed by atoms with Crippen molar-refractivity contribution < 1.29 is 19.4 Å². The minimum absolute atomic E-state index is 0.0387. The number of amides is 2. The van der Waals surface area contributed by atoms with Gasteiger partial charge in [-0.25, -0.2) is 9.59 Å². The molecule has 3 atom stereocenters. The van der Waals surface area contributed by atoms with E-state index in [4.69, 9.17) is 9.84 Å². The van der Waals surface area contributed by atoms with Gasteiger partial charge in [-0.1, -0.05) is 0 Å². The molecule has 0 aromatic carbocycles. The van der Waals surface area contributed by atoms with E-state index in [0.717, 1.165) is 25.9 Å². The van der Waals surface area contributed by atoms with Crippen molar-refractivity contribution in [3.8, 4) is 0 Å². The number of hydrogen-bond acceptors (Lipinski definition) is 4. The molecule has 2 heterocycles. The Morgan fingerprint density at radius 2 is 2.21 bits per heavy atom. The maximum absolute atomic E-state index is 11.8. The lowest BCUT2D eigenvalue weighted by molar-refractivity contribution is -0.140. The van der Waals surface area contributed by atoms with E-state index in [1.807, 2.05) is 0 Å². The molecule has 2 fully saturated rings. The van der Waals surface area contributed by atoms with Crippen LogP contribution in [-0.2, 0) is 9.53 Å². The van der Waals surface area contributed by atoms with Gasteiger partial charge >= 0.3 is 12.0 Å². The molecule has 0 spiro atoms. The molecule has 2 saturated heterocycles. The summed E-state index contributed by atoms with van der Waals surface area (Å²) in [5.74, 6) is -1.09. The maximum atomic E-state index is 11.8. The van der Waals surface area contributed by atoms with Crippen molar-refractivity contribution in [2.24, 2.45) is 0 Å². The van der Waals surface area contributed by atoms with E-state index in [1.54, 1.807) is 0 Å². The number of nitrogens with zero attached hydrogens (tertiary/aromatic N) is 1. The molecule has 0 radical (unpaired) electrons. The van der Waals surface area contributed by atoms with E-state index in [0.29, 0.717) is 6.04 Å². The fourth-order valence-corrected chi connectivity index (χ4v) is 2.96. The Kier molecular flexibility index (Phi) is 4.60. The van der Waals surface area contributed by atoms with Gasteiger partial charge in [-0.3, -0.25) is 4.90 Å². The van der Waals surface area contributed by atoms with Gasteiger partial charge in [-0.05, 0) is 25.8 Å². The van der Waals surface area contributed by atoms with Crippen LogP contribution in [0.2, 0.25) is 0 Å². The molecule has 7 nitrogen and oxygen atoms in total. The van der Waals surface area contributed by atoms with Crippen molar-refractivity contribution in [3.05, 3.63) is 0 Å². The number of rotatable bonds is 5. The smallest absolute Gasteiger partial charge is 0.328 e. The zero-order valence-electron chi connectivity index (χ0n) is 11.1. The second kappa shape index (κ2) is 6.21. The molecule has 2 rings (SSSR count). The second-order valence-electron chi connectivity index (χ2n) is 5.10. The average molecular weight is 271 g/mol. The summed E-state index contributed by atoms with van der Waals surface area (Å²) in [7, 11) is 1.41. The summed E-state index contributed by atoms with van der Waals surface area (Å²) >= 11 is 0. The Bertz CT molecular complexity index is 350. The lowest BCUT2D eigenvalue weighted by Crippen LogP contribution is -2.52. The molecule has 7 heteroatoms. The van der Waals surface area contributed by atoms with Gasteiger partial charge in [-0.2, -0.15) is 0 Å². The number of carboxylic acids is 1. The van der Waals surface area contributed by atoms with Crippen LogP contribution in [0.15, 0.2) is 0 Å². The van der Waals surface area contributed by atoms with Crippen molar-refractivity contribution >= 4 is 12.0 Å². The summed E-state index contributed by atoms with van der Waals surface area (Å²) in [5.41, 5.74) is 0. The predicted molar refractivity (Wildman–Crippen MR) is 68.0 cm³/mol. The maximum Gasteiger partial charge on any atom is 0.328 e. The first-order valence-corrected chi connectivity index (χ1v) is 6.64. The SMILES string of the molecule is COCC(NC(=O)NC1CCN2CCCC12)C(=O)O. The molecule has 0 aromatic rings. The number of carbonyl (C=O) groups is 2. The average Bonchev–Trinajstić information content (AvgIpc) is 2.93. The molecule has 108 valence electrons. The first-order chi connectivity index (χ1) is 9.11. The highest BCUT2D eigenvalue weighted by atomic mass is 16.5. The molecular formula is C12H21N3O4. The number of urea groups is 1. The van der Waals surface area contributed by atoms with Gasteiger partial charge in [0, 0.05) is 25.7 Å². The number of nitrogens with one attached hydrogen (secondary N) is 2. The van der Waals surface area contributed by atoms with Crippen LogP contribution in [0.3, 0.4) is 0 Å². The van der Waals surface area contributed by atoms with E-state index in [1.165, 1.54) is 13.5 Å². The van der Waals surface area contributed by atoms with Crippen LogP contribution in [0.25, 0.3) is 0 Å². The summed E-state index contributed by atoms with van der Waals surface area (Å²) in [4.78, 5) is 25.1. The van der Waals surface area contributed by atoms with Crippen molar-refractivity contribution in [2.75, 3.05) is 26.8 Å². The number of carboxylic acid groups (broad SMARTS) is 1. The molecule has 2 amide bonds. The predicted octanol–water partition coefficient (Wildman–Crippen LogP) is -0.378. The third kappa shape index (κ3) is 3.36. The summed E-state index contributed by atoms with van der Waals surface area (Å²) < 4.78 is 4.77. The highest BCUT2D eigenvalue weighted by molar-refractivity contribution is 5.82. The third-order valence-electron chi connectivity index (χ3n) is 3.86. The van der Waals surface area contributed by atoms with Gasteiger partial charge in [0.1, 0.15) is 0 Å². The summed E-state index contributed by atoms with van der Waals surface area (Å²) in [6.07, 6.45) is 3.21. The molecule has 2 aliphatic rings. The van der Waals surface area contributed by atoms with E-state index < -0.39 is 18.0 Å². The van der Waals surface area contributed by atoms with Gasteiger partial charge in [0.2, 0.25) is 0 Å². The zero-order chi connectivity index (χ0) is 13.8. The number of aliphatic carboxylic acids is 1. The Balaban J connectivity index is 1.82. The highest BCUT2D eigenvalue weighted by Gasteiger charge is 2.38. The fourth-order valence-electron chi connectivity index (χ4n) is 2.96. The molecule has 19 heavy (non-hydrogen) atoms. The van der Waals surface area contributed by atoms with Gasteiger partial charge in [0.15, 0.2) is 6.04 Å². The largest absolute Gasteiger partial charge is 0.480 e. The summed E-state index contributed by atoms with van der Waals surface area (Å²) in [5, 5.41) is 14.2. The second-order valence-corrected chi connectivity index (χ2v) is 5.10. The summed E-state index contributed by atoms with van der Waals surface area (Å²) in [6, 6.07) is -0.898.